The van der Waals surface area contributed by atoms with Crippen LogP contribution in [0.4, 0.5) is 10.5 Å². The Balaban J connectivity index is 1.75. The van der Waals surface area contributed by atoms with Crippen LogP contribution in [0.3, 0.4) is 0 Å². The molecule has 0 unspecified atom stereocenters. The minimum absolute atomic E-state index is 0.114. The fourth-order valence-electron chi connectivity index (χ4n) is 3.10. The van der Waals surface area contributed by atoms with Gasteiger partial charge in [-0.2, -0.15) is 5.01 Å². The van der Waals surface area contributed by atoms with E-state index in [0.29, 0.717) is 22.6 Å². The van der Waals surface area contributed by atoms with E-state index in [-0.39, 0.29) is 5.69 Å². The maximum Gasteiger partial charge on any atom is 0.344 e. The second-order valence-electron chi connectivity index (χ2n) is 6.36. The Bertz CT molecular complexity index is 1000. The predicted molar refractivity (Wildman–Crippen MR) is 104 cm³/mol. The van der Waals surface area contributed by atoms with Crippen molar-refractivity contribution in [3.63, 3.8) is 0 Å². The van der Waals surface area contributed by atoms with Crippen molar-refractivity contribution in [2.24, 2.45) is 0 Å². The molecule has 3 rings (SSSR count). The van der Waals surface area contributed by atoms with Gasteiger partial charge in [-0.05, 0) is 23.6 Å². The molecule has 1 saturated heterocycles. The quantitative estimate of drug-likeness (QED) is 0.337. The summed E-state index contributed by atoms with van der Waals surface area (Å²) in [6.07, 6.45) is 2.75. The van der Waals surface area contributed by atoms with Crippen LogP contribution in [0.5, 0.6) is 0 Å². The number of hydrogen-bond acceptors (Lipinski definition) is 5. The molecule has 0 saturated carbocycles. The highest BCUT2D eigenvalue weighted by molar-refractivity contribution is 6.09. The molecule has 0 aliphatic carbocycles. The predicted octanol–water partition coefficient (Wildman–Crippen LogP) is 2.50. The van der Waals surface area contributed by atoms with Gasteiger partial charge in [0.05, 0.1) is 4.92 Å². The van der Waals surface area contributed by atoms with Gasteiger partial charge in [0.2, 0.25) is 0 Å². The average molecular weight is 394 g/mol. The summed E-state index contributed by atoms with van der Waals surface area (Å²) in [5.74, 6) is -1.31. The third kappa shape index (κ3) is 3.84. The molecule has 0 radical (unpaired) electrons. The highest BCUT2D eigenvalue weighted by Crippen LogP contribution is 2.31. The molecule has 2 aromatic rings. The van der Waals surface area contributed by atoms with E-state index in [0.717, 1.165) is 6.08 Å². The van der Waals surface area contributed by atoms with Gasteiger partial charge >= 0.3 is 6.03 Å². The van der Waals surface area contributed by atoms with Crippen LogP contribution in [0.15, 0.2) is 60.7 Å². The van der Waals surface area contributed by atoms with Gasteiger partial charge in [0.25, 0.3) is 17.5 Å². The lowest BCUT2D eigenvalue weighted by Gasteiger charge is -2.25. The van der Waals surface area contributed by atoms with E-state index in [1.54, 1.807) is 43.3 Å². The molecule has 9 nitrogen and oxygen atoms in total. The standard InChI is InChI=1S/C20H18N4O5/c1-2-20(15-8-4-3-5-9-15)18(26)23(19(27)21-20)22-17(25)12-11-14-7-6-10-16(13-14)24(28)29/h3-13H,2H2,1H3,(H,21,27)(H,22,25)/b12-11+/t20-/m0/s1. The lowest BCUT2D eigenvalue weighted by atomic mass is 9.87. The zero-order chi connectivity index (χ0) is 21.0. The molecule has 0 aromatic heterocycles. The van der Waals surface area contributed by atoms with Crippen molar-refractivity contribution < 1.29 is 19.3 Å². The molecule has 0 spiro atoms. The first-order chi connectivity index (χ1) is 13.9. The van der Waals surface area contributed by atoms with Crippen molar-refractivity contribution in [3.8, 4) is 0 Å². The number of imide groups is 1. The van der Waals surface area contributed by atoms with Crippen LogP contribution in [0, 0.1) is 10.1 Å². The number of nitro groups is 1. The van der Waals surface area contributed by atoms with Crippen molar-refractivity contribution in [1.29, 1.82) is 0 Å². The van der Waals surface area contributed by atoms with E-state index in [1.165, 1.54) is 24.3 Å². The SMILES string of the molecule is CC[C@@]1(c2ccccc2)NC(=O)N(NC(=O)/C=C/c2cccc([N+](=O)[O-])c2)C1=O. The Morgan fingerprint density at radius 2 is 1.93 bits per heavy atom. The molecule has 1 aliphatic heterocycles. The van der Waals surface area contributed by atoms with Crippen LogP contribution in [0.2, 0.25) is 0 Å². The fourth-order valence-corrected chi connectivity index (χ4v) is 3.10. The average Bonchev–Trinajstić information content (AvgIpc) is 2.98. The molecular formula is C20H18N4O5. The third-order valence-corrected chi connectivity index (χ3v) is 4.62. The van der Waals surface area contributed by atoms with Crippen LogP contribution in [-0.4, -0.2) is 27.8 Å². The summed E-state index contributed by atoms with van der Waals surface area (Å²) in [6.45, 7) is 1.76. The third-order valence-electron chi connectivity index (χ3n) is 4.62. The first-order valence-electron chi connectivity index (χ1n) is 8.83. The van der Waals surface area contributed by atoms with Gasteiger partial charge in [0.15, 0.2) is 0 Å². The highest BCUT2D eigenvalue weighted by Gasteiger charge is 2.52. The van der Waals surface area contributed by atoms with Gasteiger partial charge in [-0.3, -0.25) is 25.1 Å². The molecule has 1 heterocycles. The molecule has 4 amide bonds. The van der Waals surface area contributed by atoms with Gasteiger partial charge in [-0.25, -0.2) is 4.79 Å². The van der Waals surface area contributed by atoms with Crippen molar-refractivity contribution >= 4 is 29.6 Å². The normalized spacial score (nSPS) is 18.7. The maximum atomic E-state index is 12.9. The van der Waals surface area contributed by atoms with Gasteiger partial charge < -0.3 is 5.32 Å². The summed E-state index contributed by atoms with van der Waals surface area (Å²) in [5.41, 5.74) is 1.93. The number of rotatable bonds is 6. The van der Waals surface area contributed by atoms with Crippen molar-refractivity contribution in [3.05, 3.63) is 81.9 Å². The molecule has 9 heteroatoms. The Morgan fingerprint density at radius 1 is 1.21 bits per heavy atom. The Morgan fingerprint density at radius 3 is 2.59 bits per heavy atom. The second kappa shape index (κ2) is 7.93. The number of hydrogen-bond donors (Lipinski definition) is 2. The van der Waals surface area contributed by atoms with Crippen molar-refractivity contribution in [2.45, 2.75) is 18.9 Å². The topological polar surface area (TPSA) is 122 Å². The minimum Gasteiger partial charge on any atom is -0.318 e. The largest absolute Gasteiger partial charge is 0.344 e. The van der Waals surface area contributed by atoms with Crippen LogP contribution in [0.25, 0.3) is 6.08 Å². The van der Waals surface area contributed by atoms with Crippen LogP contribution < -0.4 is 10.7 Å². The first-order valence-corrected chi connectivity index (χ1v) is 8.83. The molecule has 1 atom stereocenters. The molecular weight excluding hydrogens is 376 g/mol. The summed E-state index contributed by atoms with van der Waals surface area (Å²) in [6, 6.07) is 13.7. The number of amides is 4. The number of nitrogens with one attached hydrogen (secondary N) is 2. The van der Waals surface area contributed by atoms with Gasteiger partial charge in [-0.15, -0.1) is 0 Å². The molecule has 1 fully saturated rings. The lowest BCUT2D eigenvalue weighted by Crippen LogP contribution is -2.48. The first kappa shape index (κ1) is 19.7. The van der Waals surface area contributed by atoms with Crippen LogP contribution in [0.1, 0.15) is 24.5 Å². The van der Waals surface area contributed by atoms with E-state index >= 15 is 0 Å². The fraction of sp³-hybridized carbons (Fsp3) is 0.150. The Kier molecular flexibility index (Phi) is 5.40. The smallest absolute Gasteiger partial charge is 0.318 e. The number of carbonyl (C=O) groups is 3. The number of hydrazine groups is 1. The van der Waals surface area contributed by atoms with E-state index in [9.17, 15) is 24.5 Å². The molecule has 2 N–H and O–H groups in total. The zero-order valence-electron chi connectivity index (χ0n) is 15.5. The molecule has 0 bridgehead atoms. The monoisotopic (exact) mass is 394 g/mol. The summed E-state index contributed by atoms with van der Waals surface area (Å²) < 4.78 is 0. The molecule has 148 valence electrons. The number of nitro benzene ring substituents is 1. The van der Waals surface area contributed by atoms with E-state index in [1.807, 2.05) is 0 Å². The number of urea groups is 1. The minimum atomic E-state index is -1.25. The van der Waals surface area contributed by atoms with Crippen molar-refractivity contribution in [1.82, 2.24) is 15.8 Å². The second-order valence-corrected chi connectivity index (χ2v) is 6.36. The van der Waals surface area contributed by atoms with Crippen molar-refractivity contribution in [2.75, 3.05) is 0 Å². The van der Waals surface area contributed by atoms with Gasteiger partial charge in [0, 0.05) is 18.2 Å². The molecule has 29 heavy (non-hydrogen) atoms. The maximum absolute atomic E-state index is 12.9. The summed E-state index contributed by atoms with van der Waals surface area (Å²) in [5, 5.41) is 14.1. The van der Waals surface area contributed by atoms with E-state index in [2.05, 4.69) is 10.7 Å². The number of non-ortho nitro benzene ring substituents is 1. The van der Waals surface area contributed by atoms with Crippen LogP contribution in [-0.2, 0) is 15.1 Å². The highest BCUT2D eigenvalue weighted by atomic mass is 16.6. The molecule has 2 aromatic carbocycles. The number of carbonyl (C=O) groups excluding carboxylic acids is 3. The van der Waals surface area contributed by atoms with Gasteiger partial charge in [0.1, 0.15) is 5.54 Å². The summed E-state index contributed by atoms with van der Waals surface area (Å²) in [7, 11) is 0. The van der Waals surface area contributed by atoms with Gasteiger partial charge in [-0.1, -0.05) is 49.4 Å². The zero-order valence-corrected chi connectivity index (χ0v) is 15.5. The Hall–Kier alpha value is -4.01. The Labute approximate surface area is 166 Å². The summed E-state index contributed by atoms with van der Waals surface area (Å²) >= 11 is 0. The number of nitrogens with zero attached hydrogens (tertiary/aromatic N) is 2. The summed E-state index contributed by atoms with van der Waals surface area (Å²) in [4.78, 5) is 47.8. The number of benzene rings is 2. The van der Waals surface area contributed by atoms with E-state index < -0.39 is 28.3 Å². The molecule has 1 aliphatic rings. The lowest BCUT2D eigenvalue weighted by molar-refractivity contribution is -0.384. The van der Waals surface area contributed by atoms with E-state index in [4.69, 9.17) is 0 Å². The van der Waals surface area contributed by atoms with Crippen LogP contribution >= 0.6 is 0 Å².